The Labute approximate surface area is 171 Å². The summed E-state index contributed by atoms with van der Waals surface area (Å²) in [6.07, 6.45) is 0. The first-order valence-corrected chi connectivity index (χ1v) is 9.94. The van der Waals surface area contributed by atoms with Crippen LogP contribution < -0.4 is 5.32 Å². The van der Waals surface area contributed by atoms with E-state index >= 15 is 0 Å². The molecule has 0 unspecified atom stereocenters. The standard InChI is InChI=1S/C21H20FN5OS/c1-12-9-19(26(4)25-12)20(28)24-21-23-18(11-29-21)17-10-13(2)27(14(17)3)16-7-5-15(22)6-8-16/h5-11H,1-4H3,(H,23,24,28). The van der Waals surface area contributed by atoms with Gasteiger partial charge in [0.1, 0.15) is 11.5 Å². The average molecular weight is 409 g/mol. The van der Waals surface area contributed by atoms with E-state index < -0.39 is 0 Å². The van der Waals surface area contributed by atoms with Crippen molar-refractivity contribution in [2.75, 3.05) is 5.32 Å². The van der Waals surface area contributed by atoms with E-state index in [2.05, 4.69) is 20.0 Å². The number of thiazole rings is 1. The van der Waals surface area contributed by atoms with Crippen LogP contribution in [-0.2, 0) is 7.05 Å². The Morgan fingerprint density at radius 2 is 1.86 bits per heavy atom. The van der Waals surface area contributed by atoms with Crippen LogP contribution >= 0.6 is 11.3 Å². The minimum absolute atomic E-state index is 0.245. The summed E-state index contributed by atoms with van der Waals surface area (Å²) in [6.45, 7) is 5.84. The lowest BCUT2D eigenvalue weighted by Crippen LogP contribution is -2.15. The molecule has 1 aromatic carbocycles. The van der Waals surface area contributed by atoms with Gasteiger partial charge in [0.15, 0.2) is 5.13 Å². The van der Waals surface area contributed by atoms with Gasteiger partial charge in [-0.15, -0.1) is 11.3 Å². The highest BCUT2D eigenvalue weighted by molar-refractivity contribution is 7.14. The molecule has 1 N–H and O–H groups in total. The lowest BCUT2D eigenvalue weighted by Gasteiger charge is -2.09. The van der Waals surface area contributed by atoms with Crippen LogP contribution in [0.25, 0.3) is 16.9 Å². The molecule has 0 fully saturated rings. The highest BCUT2D eigenvalue weighted by Crippen LogP contribution is 2.31. The van der Waals surface area contributed by atoms with E-state index in [0.29, 0.717) is 10.8 Å². The molecule has 0 radical (unpaired) electrons. The first-order chi connectivity index (χ1) is 13.8. The van der Waals surface area contributed by atoms with Crippen molar-refractivity contribution in [2.24, 2.45) is 7.05 Å². The summed E-state index contributed by atoms with van der Waals surface area (Å²) >= 11 is 1.37. The summed E-state index contributed by atoms with van der Waals surface area (Å²) in [5, 5.41) is 9.48. The number of carbonyl (C=O) groups excluding carboxylic acids is 1. The van der Waals surface area contributed by atoms with Gasteiger partial charge in [-0.2, -0.15) is 5.10 Å². The Bertz CT molecular complexity index is 1200. The number of aryl methyl sites for hydroxylation is 3. The van der Waals surface area contributed by atoms with Gasteiger partial charge in [-0.1, -0.05) is 0 Å². The number of halogens is 1. The van der Waals surface area contributed by atoms with E-state index in [4.69, 9.17) is 0 Å². The highest BCUT2D eigenvalue weighted by atomic mass is 32.1. The molecule has 0 atom stereocenters. The van der Waals surface area contributed by atoms with Crippen LogP contribution in [0.4, 0.5) is 9.52 Å². The van der Waals surface area contributed by atoms with Crippen molar-refractivity contribution in [1.82, 2.24) is 19.3 Å². The smallest absolute Gasteiger partial charge is 0.275 e. The van der Waals surface area contributed by atoms with Crippen molar-refractivity contribution in [1.29, 1.82) is 0 Å². The second kappa shape index (κ2) is 7.29. The van der Waals surface area contributed by atoms with Crippen molar-refractivity contribution in [2.45, 2.75) is 20.8 Å². The van der Waals surface area contributed by atoms with Crippen LogP contribution in [0.2, 0.25) is 0 Å². The Hall–Kier alpha value is -3.26. The lowest BCUT2D eigenvalue weighted by molar-refractivity contribution is 0.101. The van der Waals surface area contributed by atoms with Gasteiger partial charge in [0, 0.05) is 35.1 Å². The summed E-state index contributed by atoms with van der Waals surface area (Å²) < 4.78 is 16.9. The summed E-state index contributed by atoms with van der Waals surface area (Å²) in [4.78, 5) is 17.1. The van der Waals surface area contributed by atoms with Gasteiger partial charge in [0.2, 0.25) is 0 Å². The van der Waals surface area contributed by atoms with Gasteiger partial charge in [0.25, 0.3) is 5.91 Å². The minimum atomic E-state index is -0.264. The number of anilines is 1. The molecule has 29 heavy (non-hydrogen) atoms. The molecule has 148 valence electrons. The molecule has 0 saturated carbocycles. The molecule has 4 rings (SSSR count). The first kappa shape index (κ1) is 19.1. The predicted octanol–water partition coefficient (Wildman–Crippen LogP) is 4.65. The van der Waals surface area contributed by atoms with Gasteiger partial charge in [-0.3, -0.25) is 14.8 Å². The molecule has 3 heterocycles. The van der Waals surface area contributed by atoms with Crippen LogP contribution in [0.1, 0.15) is 27.6 Å². The highest BCUT2D eigenvalue weighted by Gasteiger charge is 2.17. The molecule has 4 aromatic rings. The normalized spacial score (nSPS) is 11.1. The van der Waals surface area contributed by atoms with Crippen molar-refractivity contribution < 1.29 is 9.18 Å². The molecule has 0 aliphatic rings. The number of amides is 1. The number of aromatic nitrogens is 4. The topological polar surface area (TPSA) is 64.7 Å². The maximum Gasteiger partial charge on any atom is 0.275 e. The Morgan fingerprint density at radius 1 is 1.14 bits per heavy atom. The number of carbonyl (C=O) groups is 1. The number of nitrogens with one attached hydrogen (secondary N) is 1. The third-order valence-corrected chi connectivity index (χ3v) is 5.51. The third kappa shape index (κ3) is 3.58. The Morgan fingerprint density at radius 3 is 2.52 bits per heavy atom. The third-order valence-electron chi connectivity index (χ3n) is 4.75. The summed E-state index contributed by atoms with van der Waals surface area (Å²) in [7, 11) is 1.74. The number of benzene rings is 1. The van der Waals surface area contributed by atoms with E-state index in [-0.39, 0.29) is 11.7 Å². The van der Waals surface area contributed by atoms with Crippen molar-refractivity contribution in [3.8, 4) is 16.9 Å². The molecule has 0 spiro atoms. The number of hydrogen-bond acceptors (Lipinski definition) is 4. The van der Waals surface area contributed by atoms with Crippen LogP contribution in [0.5, 0.6) is 0 Å². The molecule has 3 aromatic heterocycles. The first-order valence-electron chi connectivity index (χ1n) is 9.06. The predicted molar refractivity (Wildman–Crippen MR) is 112 cm³/mol. The maximum absolute atomic E-state index is 13.3. The van der Waals surface area contributed by atoms with E-state index in [1.54, 1.807) is 29.9 Å². The largest absolute Gasteiger partial charge is 0.318 e. The molecule has 0 saturated heterocycles. The molecular weight excluding hydrogens is 389 g/mol. The number of hydrogen-bond donors (Lipinski definition) is 1. The van der Waals surface area contributed by atoms with Gasteiger partial charge in [0.05, 0.1) is 11.4 Å². The monoisotopic (exact) mass is 409 g/mol. The fourth-order valence-corrected chi connectivity index (χ4v) is 4.15. The zero-order valence-electron chi connectivity index (χ0n) is 16.5. The summed E-state index contributed by atoms with van der Waals surface area (Å²) in [5.41, 5.74) is 5.93. The molecular formula is C21H20FN5OS. The summed E-state index contributed by atoms with van der Waals surface area (Å²) in [5.74, 6) is -0.509. The minimum Gasteiger partial charge on any atom is -0.318 e. The second-order valence-electron chi connectivity index (χ2n) is 6.88. The quantitative estimate of drug-likeness (QED) is 0.534. The zero-order chi connectivity index (χ0) is 20.7. The van der Waals surface area contributed by atoms with Crippen molar-refractivity contribution >= 4 is 22.4 Å². The van der Waals surface area contributed by atoms with E-state index in [9.17, 15) is 9.18 Å². The second-order valence-corrected chi connectivity index (χ2v) is 7.74. The van der Waals surface area contributed by atoms with E-state index in [1.807, 2.05) is 32.2 Å². The lowest BCUT2D eigenvalue weighted by atomic mass is 10.2. The SMILES string of the molecule is Cc1cc(C(=O)Nc2nc(-c3cc(C)n(-c4ccc(F)cc4)c3C)cs2)n(C)n1. The van der Waals surface area contributed by atoms with E-state index in [1.165, 1.54) is 23.5 Å². The number of nitrogens with zero attached hydrogens (tertiary/aromatic N) is 4. The van der Waals surface area contributed by atoms with Gasteiger partial charge in [-0.05, 0) is 57.2 Å². The average Bonchev–Trinajstić information content (AvgIpc) is 3.34. The molecule has 8 heteroatoms. The Balaban J connectivity index is 1.61. The van der Waals surface area contributed by atoms with Crippen LogP contribution in [0, 0.1) is 26.6 Å². The van der Waals surface area contributed by atoms with Crippen molar-refractivity contribution in [3.63, 3.8) is 0 Å². The fraction of sp³-hybridized carbons (Fsp3) is 0.190. The Kier molecular flexibility index (Phi) is 4.79. The number of rotatable bonds is 4. The molecule has 1 amide bonds. The fourth-order valence-electron chi connectivity index (χ4n) is 3.45. The van der Waals surface area contributed by atoms with Crippen molar-refractivity contribution in [3.05, 3.63) is 70.4 Å². The molecule has 0 aliphatic carbocycles. The van der Waals surface area contributed by atoms with Gasteiger partial charge in [-0.25, -0.2) is 9.37 Å². The van der Waals surface area contributed by atoms with Crippen LogP contribution in [0.3, 0.4) is 0 Å². The zero-order valence-corrected chi connectivity index (χ0v) is 17.3. The maximum atomic E-state index is 13.3. The summed E-state index contributed by atoms with van der Waals surface area (Å²) in [6, 6.07) is 10.2. The van der Waals surface area contributed by atoms with Crippen LogP contribution in [-0.4, -0.2) is 25.2 Å². The van der Waals surface area contributed by atoms with Gasteiger partial charge >= 0.3 is 0 Å². The molecule has 6 nitrogen and oxygen atoms in total. The van der Waals surface area contributed by atoms with Crippen LogP contribution in [0.15, 0.2) is 41.8 Å². The molecule has 0 bridgehead atoms. The molecule has 0 aliphatic heterocycles. The van der Waals surface area contributed by atoms with E-state index in [0.717, 1.165) is 34.0 Å². The van der Waals surface area contributed by atoms with Gasteiger partial charge < -0.3 is 4.57 Å².